The molecule has 1 aliphatic rings. The van der Waals surface area contributed by atoms with Crippen LogP contribution in [0.25, 0.3) is 10.2 Å². The second-order valence-corrected chi connectivity index (χ2v) is 4.99. The zero-order valence-electron chi connectivity index (χ0n) is 8.87. The molecule has 0 saturated carbocycles. The molecule has 0 aliphatic carbocycles. The van der Waals surface area contributed by atoms with Crippen LogP contribution in [0.5, 0.6) is 0 Å². The van der Waals surface area contributed by atoms with Gasteiger partial charge >= 0.3 is 5.97 Å². The minimum Gasteiger partial charge on any atom is -0.479 e. The molecule has 5 nitrogen and oxygen atoms in total. The van der Waals surface area contributed by atoms with Gasteiger partial charge in [-0.1, -0.05) is 0 Å². The molecule has 0 radical (unpaired) electrons. The highest BCUT2D eigenvalue weighted by molar-refractivity contribution is 7.18. The van der Waals surface area contributed by atoms with Crippen LogP contribution in [0.2, 0.25) is 0 Å². The molecule has 0 amide bonds. The van der Waals surface area contributed by atoms with Crippen LogP contribution in [-0.2, 0) is 9.53 Å². The molecule has 0 aromatic carbocycles. The summed E-state index contributed by atoms with van der Waals surface area (Å²) in [7, 11) is 0. The van der Waals surface area contributed by atoms with Crippen LogP contribution in [0, 0.1) is 0 Å². The number of carbonyl (C=O) groups is 1. The molecule has 3 rings (SSSR count). The minimum absolute atomic E-state index is 0.187. The van der Waals surface area contributed by atoms with Gasteiger partial charge in [0.2, 0.25) is 0 Å². The average molecular weight is 250 g/mol. The lowest BCUT2D eigenvalue weighted by atomic mass is 10.2. The predicted octanol–water partition coefficient (Wildman–Crippen LogP) is 2.00. The molecule has 0 bridgehead atoms. The van der Waals surface area contributed by atoms with Crippen molar-refractivity contribution in [3.8, 4) is 0 Å². The van der Waals surface area contributed by atoms with Crippen LogP contribution in [0.15, 0.2) is 18.5 Å². The lowest BCUT2D eigenvalue weighted by molar-refractivity contribution is -0.149. The Morgan fingerprint density at radius 3 is 3.12 bits per heavy atom. The summed E-state index contributed by atoms with van der Waals surface area (Å²) < 4.78 is 6.52. The van der Waals surface area contributed by atoms with E-state index < -0.39 is 12.1 Å². The van der Waals surface area contributed by atoms with Gasteiger partial charge in [0.25, 0.3) is 0 Å². The fraction of sp³-hybridized carbons (Fsp3) is 0.364. The molecule has 1 fully saturated rings. The maximum absolute atomic E-state index is 10.8. The summed E-state index contributed by atoms with van der Waals surface area (Å²) in [5, 5.41) is 9.71. The molecule has 2 unspecified atom stereocenters. The quantitative estimate of drug-likeness (QED) is 0.882. The van der Waals surface area contributed by atoms with Gasteiger partial charge in [-0.3, -0.25) is 4.98 Å². The van der Waals surface area contributed by atoms with E-state index in [0.717, 1.165) is 15.2 Å². The Bertz CT molecular complexity index is 536. The highest BCUT2D eigenvalue weighted by atomic mass is 32.1. The summed E-state index contributed by atoms with van der Waals surface area (Å²) in [6.07, 6.45) is 3.82. The summed E-state index contributed by atoms with van der Waals surface area (Å²) in [4.78, 5) is 19.2. The molecule has 1 saturated heterocycles. The van der Waals surface area contributed by atoms with Crippen molar-refractivity contribution >= 4 is 27.5 Å². The van der Waals surface area contributed by atoms with Gasteiger partial charge in [0.1, 0.15) is 11.1 Å². The molecule has 2 aromatic heterocycles. The number of thiazole rings is 1. The van der Waals surface area contributed by atoms with Gasteiger partial charge < -0.3 is 9.84 Å². The first kappa shape index (κ1) is 10.6. The van der Waals surface area contributed by atoms with Crippen LogP contribution in [-0.4, -0.2) is 27.1 Å². The third-order valence-electron chi connectivity index (χ3n) is 2.78. The Hall–Kier alpha value is -1.53. The summed E-state index contributed by atoms with van der Waals surface area (Å²) >= 11 is 1.54. The number of carboxylic acids is 1. The molecule has 1 aliphatic heterocycles. The Kier molecular flexibility index (Phi) is 2.53. The summed E-state index contributed by atoms with van der Waals surface area (Å²) in [5.74, 6) is -0.893. The molecule has 17 heavy (non-hydrogen) atoms. The van der Waals surface area contributed by atoms with Gasteiger partial charge in [0, 0.05) is 6.20 Å². The largest absolute Gasteiger partial charge is 0.479 e. The van der Waals surface area contributed by atoms with E-state index in [9.17, 15) is 4.79 Å². The van der Waals surface area contributed by atoms with Gasteiger partial charge in [0.15, 0.2) is 6.10 Å². The molecular formula is C11H10N2O3S. The molecule has 1 N–H and O–H groups in total. The SMILES string of the molecule is O=C(O)C1CCC(c2nc3cnccc3s2)O1. The van der Waals surface area contributed by atoms with E-state index in [4.69, 9.17) is 9.84 Å². The Morgan fingerprint density at radius 2 is 2.41 bits per heavy atom. The monoisotopic (exact) mass is 250 g/mol. The van der Waals surface area contributed by atoms with E-state index in [1.54, 1.807) is 12.4 Å². The number of hydrogen-bond donors (Lipinski definition) is 1. The number of rotatable bonds is 2. The smallest absolute Gasteiger partial charge is 0.332 e. The van der Waals surface area contributed by atoms with Crippen LogP contribution in [0.3, 0.4) is 0 Å². The van der Waals surface area contributed by atoms with Crippen LogP contribution >= 0.6 is 11.3 Å². The number of hydrogen-bond acceptors (Lipinski definition) is 5. The number of fused-ring (bicyclic) bond motifs is 1. The zero-order chi connectivity index (χ0) is 11.8. The van der Waals surface area contributed by atoms with E-state index in [0.29, 0.717) is 12.8 Å². The third-order valence-corrected chi connectivity index (χ3v) is 3.91. The molecule has 2 aromatic rings. The highest BCUT2D eigenvalue weighted by Crippen LogP contribution is 2.36. The van der Waals surface area contributed by atoms with E-state index in [-0.39, 0.29) is 6.10 Å². The first-order valence-corrected chi connectivity index (χ1v) is 6.14. The summed E-state index contributed by atoms with van der Waals surface area (Å²) in [6, 6.07) is 1.90. The van der Waals surface area contributed by atoms with Crippen molar-refractivity contribution in [2.45, 2.75) is 25.0 Å². The maximum atomic E-state index is 10.8. The van der Waals surface area contributed by atoms with E-state index in [2.05, 4.69) is 9.97 Å². The van der Waals surface area contributed by atoms with Crippen LogP contribution < -0.4 is 0 Å². The topological polar surface area (TPSA) is 72.3 Å². The number of aliphatic carboxylic acids is 1. The number of ether oxygens (including phenoxy) is 1. The third kappa shape index (κ3) is 1.89. The minimum atomic E-state index is -0.893. The lowest BCUT2D eigenvalue weighted by Gasteiger charge is -2.07. The number of nitrogens with zero attached hydrogens (tertiary/aromatic N) is 2. The van der Waals surface area contributed by atoms with Gasteiger partial charge in [-0.2, -0.15) is 0 Å². The Morgan fingerprint density at radius 1 is 1.53 bits per heavy atom. The summed E-state index contributed by atoms with van der Waals surface area (Å²) in [5.41, 5.74) is 0.842. The molecule has 2 atom stereocenters. The number of pyridine rings is 1. The Labute approximate surface area is 101 Å². The highest BCUT2D eigenvalue weighted by Gasteiger charge is 2.33. The van der Waals surface area contributed by atoms with Gasteiger partial charge in [-0.25, -0.2) is 9.78 Å². The standard InChI is InChI=1S/C11H10N2O3S/c14-11(15)8-2-1-7(16-8)10-13-6-5-12-4-3-9(6)17-10/h3-5,7-8H,1-2H2,(H,14,15). The van der Waals surface area contributed by atoms with Crippen molar-refractivity contribution < 1.29 is 14.6 Å². The van der Waals surface area contributed by atoms with Crippen molar-refractivity contribution in [3.05, 3.63) is 23.5 Å². The van der Waals surface area contributed by atoms with Gasteiger partial charge in [-0.05, 0) is 18.9 Å². The second-order valence-electron chi connectivity index (χ2n) is 3.92. The van der Waals surface area contributed by atoms with E-state index in [1.807, 2.05) is 6.07 Å². The molecular weight excluding hydrogens is 240 g/mol. The van der Waals surface area contributed by atoms with E-state index >= 15 is 0 Å². The molecule has 0 spiro atoms. The fourth-order valence-electron chi connectivity index (χ4n) is 1.94. The van der Waals surface area contributed by atoms with Crippen molar-refractivity contribution in [2.75, 3.05) is 0 Å². The first-order chi connectivity index (χ1) is 8.24. The molecule has 6 heteroatoms. The fourth-order valence-corrected chi connectivity index (χ4v) is 2.94. The van der Waals surface area contributed by atoms with Crippen molar-refractivity contribution in [3.63, 3.8) is 0 Å². The number of carboxylic acid groups (broad SMARTS) is 1. The van der Waals surface area contributed by atoms with Crippen LogP contribution in [0.4, 0.5) is 0 Å². The Balaban J connectivity index is 1.87. The van der Waals surface area contributed by atoms with E-state index in [1.165, 1.54) is 11.3 Å². The van der Waals surface area contributed by atoms with Gasteiger partial charge in [0.05, 0.1) is 16.4 Å². The normalized spacial score (nSPS) is 24.2. The zero-order valence-corrected chi connectivity index (χ0v) is 9.68. The summed E-state index contributed by atoms with van der Waals surface area (Å²) in [6.45, 7) is 0. The van der Waals surface area contributed by atoms with Crippen LogP contribution in [0.1, 0.15) is 24.0 Å². The van der Waals surface area contributed by atoms with Crippen molar-refractivity contribution in [2.24, 2.45) is 0 Å². The molecule has 3 heterocycles. The van der Waals surface area contributed by atoms with Crippen molar-refractivity contribution in [1.29, 1.82) is 0 Å². The van der Waals surface area contributed by atoms with Gasteiger partial charge in [-0.15, -0.1) is 11.3 Å². The average Bonchev–Trinajstić information content (AvgIpc) is 2.95. The second kappa shape index (κ2) is 4.05. The number of aromatic nitrogens is 2. The van der Waals surface area contributed by atoms with Crippen molar-refractivity contribution in [1.82, 2.24) is 9.97 Å². The maximum Gasteiger partial charge on any atom is 0.332 e. The molecule has 88 valence electrons. The first-order valence-electron chi connectivity index (χ1n) is 5.33. The lowest BCUT2D eigenvalue weighted by Crippen LogP contribution is -2.18. The predicted molar refractivity (Wildman–Crippen MR) is 61.9 cm³/mol.